The molecule has 0 aliphatic carbocycles. The number of thiophene rings is 1. The lowest BCUT2D eigenvalue weighted by atomic mass is 10.2. The van der Waals surface area contributed by atoms with E-state index in [2.05, 4.69) is 10.3 Å². The topological polar surface area (TPSA) is 66.9 Å². The lowest BCUT2D eigenvalue weighted by Gasteiger charge is -2.12. The average Bonchev–Trinajstić information content (AvgIpc) is 2.90. The van der Waals surface area contributed by atoms with Crippen LogP contribution >= 0.6 is 23.6 Å². The van der Waals surface area contributed by atoms with E-state index in [1.54, 1.807) is 15.9 Å². The minimum Gasteiger partial charge on any atom is -0.352 e. The van der Waals surface area contributed by atoms with Crippen LogP contribution in [0.25, 0.3) is 10.2 Å². The van der Waals surface area contributed by atoms with Gasteiger partial charge in [-0.15, -0.1) is 11.3 Å². The zero-order valence-corrected chi connectivity index (χ0v) is 12.9. The average molecular weight is 309 g/mol. The number of hydrogen-bond acceptors (Lipinski definition) is 4. The molecule has 1 aliphatic rings. The summed E-state index contributed by atoms with van der Waals surface area (Å²) in [6.45, 7) is 4.39. The summed E-state index contributed by atoms with van der Waals surface area (Å²) < 4.78 is 1.98. The lowest BCUT2D eigenvalue weighted by molar-refractivity contribution is -0.119. The van der Waals surface area contributed by atoms with Crippen LogP contribution in [-0.4, -0.2) is 21.5 Å². The predicted molar refractivity (Wildman–Crippen MR) is 81.9 cm³/mol. The van der Waals surface area contributed by atoms with Crippen molar-refractivity contribution in [2.24, 2.45) is 0 Å². The highest BCUT2D eigenvalue weighted by Gasteiger charge is 2.22. The largest absolute Gasteiger partial charge is 0.352 e. The number of rotatable bonds is 2. The van der Waals surface area contributed by atoms with Crippen LogP contribution in [0.15, 0.2) is 4.79 Å². The SMILES string of the molecule is Cc1sc2[nH]c(=S)n(CC3CCC(=O)N3)c(=O)c2c1C. The molecule has 0 spiro atoms. The number of H-pyrrole nitrogens is 1. The molecule has 0 saturated carbocycles. The maximum absolute atomic E-state index is 12.6. The Morgan fingerprint density at radius 2 is 2.15 bits per heavy atom. The maximum atomic E-state index is 12.6. The van der Waals surface area contributed by atoms with E-state index in [0.29, 0.717) is 23.1 Å². The first-order valence-electron chi connectivity index (χ1n) is 6.49. The molecule has 1 fully saturated rings. The van der Waals surface area contributed by atoms with Gasteiger partial charge in [-0.3, -0.25) is 14.2 Å². The number of nitrogens with zero attached hydrogens (tertiary/aromatic N) is 1. The molecule has 106 valence electrons. The van der Waals surface area contributed by atoms with Gasteiger partial charge in [-0.05, 0) is 38.0 Å². The molecule has 0 radical (unpaired) electrons. The Hall–Kier alpha value is -1.47. The Morgan fingerprint density at radius 1 is 1.40 bits per heavy atom. The van der Waals surface area contributed by atoms with Gasteiger partial charge < -0.3 is 10.3 Å². The van der Waals surface area contributed by atoms with Crippen molar-refractivity contribution in [1.82, 2.24) is 14.9 Å². The normalized spacial score (nSPS) is 18.7. The van der Waals surface area contributed by atoms with Gasteiger partial charge in [-0.2, -0.15) is 0 Å². The van der Waals surface area contributed by atoms with Crippen molar-refractivity contribution in [2.75, 3.05) is 0 Å². The third-order valence-corrected chi connectivity index (χ3v) is 5.24. The van der Waals surface area contributed by atoms with Crippen molar-refractivity contribution in [3.8, 4) is 0 Å². The molecule has 3 rings (SSSR count). The van der Waals surface area contributed by atoms with Crippen molar-refractivity contribution in [3.05, 3.63) is 25.6 Å². The number of aromatic nitrogens is 2. The second-order valence-electron chi connectivity index (χ2n) is 5.14. The number of amides is 1. The number of aromatic amines is 1. The van der Waals surface area contributed by atoms with Crippen LogP contribution in [0, 0.1) is 18.6 Å². The van der Waals surface area contributed by atoms with Crippen LogP contribution in [0.2, 0.25) is 0 Å². The summed E-state index contributed by atoms with van der Waals surface area (Å²) in [5.41, 5.74) is 0.942. The number of hydrogen-bond donors (Lipinski definition) is 2. The summed E-state index contributed by atoms with van der Waals surface area (Å²) in [7, 11) is 0. The summed E-state index contributed by atoms with van der Waals surface area (Å²) in [6.07, 6.45) is 1.27. The molecule has 0 aromatic carbocycles. The van der Waals surface area contributed by atoms with Gasteiger partial charge in [0.25, 0.3) is 5.56 Å². The Balaban J connectivity index is 2.11. The molecule has 1 aliphatic heterocycles. The van der Waals surface area contributed by atoms with E-state index in [1.165, 1.54) is 0 Å². The molecule has 2 N–H and O–H groups in total. The number of carbonyl (C=O) groups excluding carboxylic acids is 1. The standard InChI is InChI=1S/C13H15N3O2S2/c1-6-7(2)20-11-10(6)12(18)16(13(19)15-11)5-8-3-4-9(17)14-8/h8H,3-5H2,1-2H3,(H,14,17)(H,15,19). The van der Waals surface area contributed by atoms with Gasteiger partial charge in [0.2, 0.25) is 5.91 Å². The summed E-state index contributed by atoms with van der Waals surface area (Å²) in [6, 6.07) is -0.00668. The van der Waals surface area contributed by atoms with Crippen molar-refractivity contribution < 1.29 is 4.79 Å². The molecule has 7 heteroatoms. The quantitative estimate of drug-likeness (QED) is 0.834. The fourth-order valence-electron chi connectivity index (χ4n) is 2.56. The number of aryl methyl sites for hydroxylation is 2. The fourth-order valence-corrected chi connectivity index (χ4v) is 3.94. The summed E-state index contributed by atoms with van der Waals surface area (Å²) in [5.74, 6) is 0.0431. The van der Waals surface area contributed by atoms with Crippen LogP contribution < -0.4 is 10.9 Å². The molecule has 1 unspecified atom stereocenters. The smallest absolute Gasteiger partial charge is 0.263 e. The molecule has 1 saturated heterocycles. The maximum Gasteiger partial charge on any atom is 0.263 e. The van der Waals surface area contributed by atoms with Gasteiger partial charge >= 0.3 is 0 Å². The molecule has 5 nitrogen and oxygen atoms in total. The second kappa shape index (κ2) is 4.82. The van der Waals surface area contributed by atoms with E-state index < -0.39 is 0 Å². The van der Waals surface area contributed by atoms with Gasteiger partial charge in [0.05, 0.1) is 5.39 Å². The lowest BCUT2D eigenvalue weighted by Crippen LogP contribution is -2.34. The third kappa shape index (κ3) is 2.10. The fraction of sp³-hybridized carbons (Fsp3) is 0.462. The van der Waals surface area contributed by atoms with Gasteiger partial charge in [0.1, 0.15) is 4.83 Å². The predicted octanol–water partition coefficient (Wildman–Crippen LogP) is 2.02. The van der Waals surface area contributed by atoms with Crippen molar-refractivity contribution in [1.29, 1.82) is 0 Å². The molecule has 0 bridgehead atoms. The highest BCUT2D eigenvalue weighted by atomic mass is 32.1. The first-order chi connectivity index (χ1) is 9.47. The number of carbonyl (C=O) groups is 1. The summed E-state index contributed by atoms with van der Waals surface area (Å²) in [4.78, 5) is 29.0. The summed E-state index contributed by atoms with van der Waals surface area (Å²) in [5, 5.41) is 3.58. The van der Waals surface area contributed by atoms with Gasteiger partial charge in [-0.25, -0.2) is 0 Å². The van der Waals surface area contributed by atoms with Crippen LogP contribution in [0.5, 0.6) is 0 Å². The van der Waals surface area contributed by atoms with E-state index in [4.69, 9.17) is 12.2 Å². The van der Waals surface area contributed by atoms with Crippen molar-refractivity contribution in [3.63, 3.8) is 0 Å². The Kier molecular flexibility index (Phi) is 3.25. The van der Waals surface area contributed by atoms with Crippen LogP contribution in [-0.2, 0) is 11.3 Å². The van der Waals surface area contributed by atoms with Gasteiger partial charge in [0, 0.05) is 23.9 Å². The highest BCUT2D eigenvalue weighted by Crippen LogP contribution is 2.25. The van der Waals surface area contributed by atoms with E-state index in [0.717, 1.165) is 21.7 Å². The Bertz CT molecular complexity index is 815. The van der Waals surface area contributed by atoms with Crippen molar-refractivity contribution in [2.45, 2.75) is 39.3 Å². The molecule has 20 heavy (non-hydrogen) atoms. The second-order valence-corrected chi connectivity index (χ2v) is 6.75. The van der Waals surface area contributed by atoms with E-state index in [9.17, 15) is 9.59 Å². The third-order valence-electron chi connectivity index (χ3n) is 3.80. The molecule has 2 aromatic heterocycles. The zero-order chi connectivity index (χ0) is 14.4. The summed E-state index contributed by atoms with van der Waals surface area (Å²) >= 11 is 6.84. The molecule has 1 atom stereocenters. The van der Waals surface area contributed by atoms with Crippen LogP contribution in [0.1, 0.15) is 23.3 Å². The van der Waals surface area contributed by atoms with Crippen LogP contribution in [0.4, 0.5) is 0 Å². The Labute approximate surface area is 124 Å². The molecular formula is C13H15N3O2S2. The minimum absolute atomic E-state index is 0.00668. The number of nitrogens with one attached hydrogen (secondary N) is 2. The first-order valence-corrected chi connectivity index (χ1v) is 7.72. The number of fused-ring (bicyclic) bond motifs is 1. The van der Waals surface area contributed by atoms with E-state index in [1.807, 2.05) is 13.8 Å². The van der Waals surface area contributed by atoms with Crippen LogP contribution in [0.3, 0.4) is 0 Å². The highest BCUT2D eigenvalue weighted by molar-refractivity contribution is 7.71. The molecule has 1 amide bonds. The molecule has 3 heterocycles. The van der Waals surface area contributed by atoms with Gasteiger partial charge in [0.15, 0.2) is 4.77 Å². The Morgan fingerprint density at radius 3 is 2.80 bits per heavy atom. The molecular weight excluding hydrogens is 294 g/mol. The van der Waals surface area contributed by atoms with Gasteiger partial charge in [-0.1, -0.05) is 0 Å². The monoisotopic (exact) mass is 309 g/mol. The molecule has 2 aromatic rings. The first kappa shape index (κ1) is 13.5. The van der Waals surface area contributed by atoms with Crippen molar-refractivity contribution >= 4 is 39.7 Å². The van der Waals surface area contributed by atoms with E-state index in [-0.39, 0.29) is 17.5 Å². The zero-order valence-electron chi connectivity index (χ0n) is 11.3. The van der Waals surface area contributed by atoms with E-state index >= 15 is 0 Å². The minimum atomic E-state index is -0.0632.